The number of nitrogens with one attached hydrogen (secondary N) is 1. The summed E-state index contributed by atoms with van der Waals surface area (Å²) >= 11 is 0. The van der Waals surface area contributed by atoms with Crippen molar-refractivity contribution in [1.82, 2.24) is 14.8 Å². The normalized spacial score (nSPS) is 14.8. The Morgan fingerprint density at radius 2 is 1.83 bits per heavy atom. The van der Waals surface area contributed by atoms with Crippen molar-refractivity contribution < 1.29 is 4.74 Å². The second kappa shape index (κ2) is 13.3. The highest BCUT2D eigenvalue weighted by molar-refractivity contribution is 14.0. The molecule has 0 atom stereocenters. The van der Waals surface area contributed by atoms with E-state index >= 15 is 0 Å². The molecule has 3 rings (SSSR count). The first-order chi connectivity index (χ1) is 14.3. The fraction of sp³-hybridized carbons (Fsp3) is 0.478. The van der Waals surface area contributed by atoms with E-state index < -0.39 is 0 Å². The maximum Gasteiger partial charge on any atom is 0.250 e. The van der Waals surface area contributed by atoms with Crippen molar-refractivity contribution in [3.05, 3.63) is 65.1 Å². The lowest BCUT2D eigenvalue weighted by molar-refractivity contribution is 0.129. The highest BCUT2D eigenvalue weighted by atomic mass is 127. The summed E-state index contributed by atoms with van der Waals surface area (Å²) in [6, 6.07) is 15.3. The van der Waals surface area contributed by atoms with Gasteiger partial charge in [0, 0.05) is 57.8 Å². The minimum atomic E-state index is 0. The molecule has 2 heterocycles. The zero-order valence-corrected chi connectivity index (χ0v) is 20.0. The first-order valence-corrected chi connectivity index (χ1v) is 10.7. The summed E-state index contributed by atoms with van der Waals surface area (Å²) in [4.78, 5) is 18.9. The number of pyridine rings is 1. The molecule has 1 fully saturated rings. The molecule has 1 saturated heterocycles. The van der Waals surface area contributed by atoms with Gasteiger partial charge in [-0.05, 0) is 38.0 Å². The summed E-state index contributed by atoms with van der Waals surface area (Å²) in [7, 11) is 0. The smallest absolute Gasteiger partial charge is 0.250 e. The van der Waals surface area contributed by atoms with Crippen LogP contribution in [0.2, 0.25) is 0 Å². The van der Waals surface area contributed by atoms with Gasteiger partial charge in [-0.25, -0.2) is 0 Å². The third kappa shape index (κ3) is 7.66. The van der Waals surface area contributed by atoms with E-state index in [1.54, 1.807) is 16.7 Å². The van der Waals surface area contributed by atoms with Gasteiger partial charge in [0.05, 0.1) is 0 Å². The molecule has 0 radical (unpaired) electrons. The van der Waals surface area contributed by atoms with Gasteiger partial charge in [-0.3, -0.25) is 9.79 Å². The number of likely N-dealkylation sites (tertiary alicyclic amines) is 1. The van der Waals surface area contributed by atoms with E-state index in [1.807, 2.05) is 42.6 Å². The maximum absolute atomic E-state index is 11.7. The number of para-hydroxylation sites is 1. The number of aromatic nitrogens is 1. The topological polar surface area (TPSA) is 58.9 Å². The molecular formula is C23H33IN4O2. The van der Waals surface area contributed by atoms with E-state index in [9.17, 15) is 4.79 Å². The molecule has 1 aromatic carbocycles. The summed E-state index contributed by atoms with van der Waals surface area (Å²) in [6.07, 6.45) is 6.01. The van der Waals surface area contributed by atoms with E-state index in [2.05, 4.69) is 17.1 Å². The summed E-state index contributed by atoms with van der Waals surface area (Å²) in [5, 5.41) is 3.41. The van der Waals surface area contributed by atoms with E-state index in [-0.39, 0.29) is 35.6 Å². The quantitative estimate of drug-likeness (QED) is 0.247. The lowest BCUT2D eigenvalue weighted by Gasteiger charge is -2.34. The van der Waals surface area contributed by atoms with Crippen LogP contribution in [0.5, 0.6) is 5.75 Å². The van der Waals surface area contributed by atoms with Gasteiger partial charge in [-0.1, -0.05) is 24.3 Å². The molecule has 6 nitrogen and oxygen atoms in total. The number of guanidine groups is 1. The van der Waals surface area contributed by atoms with Crippen molar-refractivity contribution in [2.45, 2.75) is 45.3 Å². The molecule has 1 aliphatic heterocycles. The molecule has 7 heteroatoms. The number of aliphatic imine (C=N–C) groups is 1. The van der Waals surface area contributed by atoms with Gasteiger partial charge < -0.3 is 19.5 Å². The number of nitrogens with zero attached hydrogens (tertiary/aromatic N) is 3. The number of aryl methyl sites for hydroxylation is 1. The largest absolute Gasteiger partial charge is 0.490 e. The Kier molecular flexibility index (Phi) is 10.8. The van der Waals surface area contributed by atoms with Crippen LogP contribution in [-0.2, 0) is 6.54 Å². The molecule has 0 amide bonds. The van der Waals surface area contributed by atoms with Crippen LogP contribution in [0.1, 0.15) is 32.6 Å². The van der Waals surface area contributed by atoms with Crippen LogP contribution < -0.4 is 15.6 Å². The van der Waals surface area contributed by atoms with Gasteiger partial charge in [-0.2, -0.15) is 0 Å². The van der Waals surface area contributed by atoms with Gasteiger partial charge in [0.15, 0.2) is 5.96 Å². The molecule has 0 bridgehead atoms. The Hall–Kier alpha value is -2.03. The number of hydrogen-bond acceptors (Lipinski definition) is 3. The average molecular weight is 524 g/mol. The van der Waals surface area contributed by atoms with Crippen molar-refractivity contribution >= 4 is 29.9 Å². The Labute approximate surface area is 196 Å². The highest BCUT2D eigenvalue weighted by Crippen LogP contribution is 2.18. The molecule has 1 N–H and O–H groups in total. The van der Waals surface area contributed by atoms with Gasteiger partial charge in [0.25, 0.3) is 0 Å². The minimum Gasteiger partial charge on any atom is -0.490 e. The standard InChI is InChI=1S/C23H32N4O2.HI/c1-2-24-23(25-15-7-9-17-26-16-8-6-12-22(26)28)27-18-13-21(14-19-27)29-20-10-4-3-5-11-20;/h3-6,8,10-12,16,21H,2,7,9,13-15,17-19H2,1H3,(H,24,25);1H. The second-order valence-corrected chi connectivity index (χ2v) is 7.29. The molecule has 0 aliphatic carbocycles. The highest BCUT2D eigenvalue weighted by Gasteiger charge is 2.22. The number of piperidine rings is 1. The third-order valence-corrected chi connectivity index (χ3v) is 5.09. The SMILES string of the molecule is CCNC(=NCCCCn1ccccc1=O)N1CCC(Oc2ccccc2)CC1.I. The number of unbranched alkanes of at least 4 members (excludes halogenated alkanes) is 1. The first-order valence-electron chi connectivity index (χ1n) is 10.7. The number of halogens is 1. The van der Waals surface area contributed by atoms with Crippen molar-refractivity contribution in [3.8, 4) is 5.75 Å². The zero-order valence-electron chi connectivity index (χ0n) is 17.7. The number of benzene rings is 1. The molecule has 0 spiro atoms. The molecule has 30 heavy (non-hydrogen) atoms. The molecule has 2 aromatic rings. The van der Waals surface area contributed by atoms with Crippen LogP contribution in [-0.4, -0.2) is 47.7 Å². The Bertz CT molecular complexity index is 817. The number of ether oxygens (including phenoxy) is 1. The zero-order chi connectivity index (χ0) is 20.3. The van der Waals surface area contributed by atoms with E-state index in [4.69, 9.17) is 9.73 Å². The second-order valence-electron chi connectivity index (χ2n) is 7.29. The predicted molar refractivity (Wildman–Crippen MR) is 133 cm³/mol. The Morgan fingerprint density at radius 1 is 1.10 bits per heavy atom. The first kappa shape index (κ1) is 24.2. The lowest BCUT2D eigenvalue weighted by atomic mass is 10.1. The van der Waals surface area contributed by atoms with Crippen molar-refractivity contribution in [2.75, 3.05) is 26.2 Å². The Balaban J connectivity index is 0.00000320. The molecule has 1 aromatic heterocycles. The van der Waals surface area contributed by atoms with E-state index in [1.165, 1.54) is 0 Å². The summed E-state index contributed by atoms with van der Waals surface area (Å²) in [5.74, 6) is 1.94. The molecule has 164 valence electrons. The number of rotatable bonds is 8. The monoisotopic (exact) mass is 524 g/mol. The van der Waals surface area contributed by atoms with Crippen LogP contribution in [0.25, 0.3) is 0 Å². The average Bonchev–Trinajstić information content (AvgIpc) is 2.75. The van der Waals surface area contributed by atoms with Crippen molar-refractivity contribution in [1.29, 1.82) is 0 Å². The maximum atomic E-state index is 11.7. The molecule has 1 aliphatic rings. The van der Waals surface area contributed by atoms with E-state index in [0.29, 0.717) is 0 Å². The molecular weight excluding hydrogens is 491 g/mol. The van der Waals surface area contributed by atoms with Crippen LogP contribution in [0.4, 0.5) is 0 Å². The van der Waals surface area contributed by atoms with Crippen LogP contribution in [0.3, 0.4) is 0 Å². The van der Waals surface area contributed by atoms with E-state index in [0.717, 1.165) is 70.1 Å². The summed E-state index contributed by atoms with van der Waals surface area (Å²) < 4.78 is 7.85. The van der Waals surface area contributed by atoms with Crippen molar-refractivity contribution in [2.24, 2.45) is 4.99 Å². The van der Waals surface area contributed by atoms with Crippen molar-refractivity contribution in [3.63, 3.8) is 0 Å². The van der Waals surface area contributed by atoms with Gasteiger partial charge in [0.2, 0.25) is 5.56 Å². The lowest BCUT2D eigenvalue weighted by Crippen LogP contribution is -2.47. The van der Waals surface area contributed by atoms with Gasteiger partial charge >= 0.3 is 0 Å². The predicted octanol–water partition coefficient (Wildman–Crippen LogP) is 3.76. The number of hydrogen-bond donors (Lipinski definition) is 1. The fourth-order valence-electron chi connectivity index (χ4n) is 3.53. The third-order valence-electron chi connectivity index (χ3n) is 5.09. The van der Waals surface area contributed by atoms with Crippen LogP contribution in [0.15, 0.2) is 64.5 Å². The van der Waals surface area contributed by atoms with Gasteiger partial charge in [-0.15, -0.1) is 24.0 Å². The Morgan fingerprint density at radius 3 is 2.53 bits per heavy atom. The van der Waals surface area contributed by atoms with Crippen LogP contribution >= 0.6 is 24.0 Å². The minimum absolute atomic E-state index is 0. The molecule has 0 saturated carbocycles. The summed E-state index contributed by atoms with van der Waals surface area (Å²) in [5.41, 5.74) is 0.0601. The molecule has 0 unspecified atom stereocenters. The van der Waals surface area contributed by atoms with Gasteiger partial charge in [0.1, 0.15) is 11.9 Å². The van der Waals surface area contributed by atoms with Crippen LogP contribution in [0, 0.1) is 0 Å². The summed E-state index contributed by atoms with van der Waals surface area (Å²) in [6.45, 7) is 6.37. The fourth-order valence-corrected chi connectivity index (χ4v) is 3.53.